The van der Waals surface area contributed by atoms with Gasteiger partial charge in [-0.05, 0) is 26.7 Å². The van der Waals surface area contributed by atoms with Crippen LogP contribution in [-0.2, 0) is 28.7 Å². The Morgan fingerprint density at radius 2 is 0.786 bits per heavy atom. The highest BCUT2D eigenvalue weighted by Crippen LogP contribution is 2.13. The number of rotatable bonds is 19. The molecule has 0 radical (unpaired) electrons. The van der Waals surface area contributed by atoms with Crippen LogP contribution < -0.4 is 0 Å². The fourth-order valence-electron chi connectivity index (χ4n) is 2.98. The molecule has 28 heavy (non-hydrogen) atoms. The van der Waals surface area contributed by atoms with Gasteiger partial charge in [-0.25, -0.2) is 0 Å². The molecule has 0 aliphatic rings. The van der Waals surface area contributed by atoms with E-state index in [1.54, 1.807) is 13.8 Å². The maximum absolute atomic E-state index is 11.6. The number of Topliss-reactive ketones (excluding diaryl/α,β-unsaturated/α-hetero) is 2. The number of hydrogen-bond donors (Lipinski definition) is 0. The first-order valence-electron chi connectivity index (χ1n) is 10.8. The van der Waals surface area contributed by atoms with Crippen molar-refractivity contribution < 1.29 is 28.7 Å². The fraction of sp³-hybridized carbons (Fsp3) is 0.818. The van der Waals surface area contributed by atoms with E-state index in [0.717, 1.165) is 38.5 Å². The Balaban J connectivity index is 3.33. The molecule has 0 aliphatic carbocycles. The minimum Gasteiger partial charge on any atom is -0.466 e. The zero-order valence-corrected chi connectivity index (χ0v) is 17.8. The summed E-state index contributed by atoms with van der Waals surface area (Å²) in [6.07, 6.45) is 11.5. The molecule has 0 aromatic carbocycles. The van der Waals surface area contributed by atoms with Crippen LogP contribution in [0.1, 0.15) is 104 Å². The van der Waals surface area contributed by atoms with E-state index in [9.17, 15) is 19.2 Å². The van der Waals surface area contributed by atoms with Gasteiger partial charge in [0.1, 0.15) is 24.4 Å². The molecule has 0 aromatic heterocycles. The quantitative estimate of drug-likeness (QED) is 0.178. The molecule has 0 saturated heterocycles. The third kappa shape index (κ3) is 17.7. The molecule has 0 saturated carbocycles. The largest absolute Gasteiger partial charge is 0.466 e. The SMILES string of the molecule is CCOC(=O)CC(=O)CCCCCCCCCCCCC(=O)CC(=O)OCC. The summed E-state index contributed by atoms with van der Waals surface area (Å²) in [5, 5.41) is 0. The normalized spacial score (nSPS) is 10.5. The van der Waals surface area contributed by atoms with Gasteiger partial charge in [0.15, 0.2) is 0 Å². The average molecular weight is 399 g/mol. The Bertz CT molecular complexity index is 416. The lowest BCUT2D eigenvalue weighted by Gasteiger charge is -2.04. The van der Waals surface area contributed by atoms with Crippen LogP contribution in [0, 0.1) is 0 Å². The van der Waals surface area contributed by atoms with Crippen molar-refractivity contribution in [2.24, 2.45) is 0 Å². The Hall–Kier alpha value is -1.72. The third-order valence-electron chi connectivity index (χ3n) is 4.45. The van der Waals surface area contributed by atoms with Gasteiger partial charge in [0, 0.05) is 12.8 Å². The fourth-order valence-corrected chi connectivity index (χ4v) is 2.98. The number of carbonyl (C=O) groups excluding carboxylic acids is 4. The van der Waals surface area contributed by atoms with Crippen molar-refractivity contribution in [3.63, 3.8) is 0 Å². The lowest BCUT2D eigenvalue weighted by Crippen LogP contribution is -2.10. The zero-order chi connectivity index (χ0) is 21.0. The van der Waals surface area contributed by atoms with E-state index in [1.807, 2.05) is 0 Å². The lowest BCUT2D eigenvalue weighted by molar-refractivity contribution is -0.147. The second-order valence-electron chi connectivity index (χ2n) is 7.08. The van der Waals surface area contributed by atoms with Gasteiger partial charge in [-0.15, -0.1) is 0 Å². The van der Waals surface area contributed by atoms with Crippen molar-refractivity contribution in [2.45, 2.75) is 104 Å². The first kappa shape index (κ1) is 26.3. The maximum Gasteiger partial charge on any atom is 0.313 e. The van der Waals surface area contributed by atoms with E-state index in [2.05, 4.69) is 0 Å². The molecule has 6 heteroatoms. The number of unbranched alkanes of at least 4 members (excludes halogenated alkanes) is 9. The van der Waals surface area contributed by atoms with Gasteiger partial charge in [0.05, 0.1) is 13.2 Å². The first-order valence-corrected chi connectivity index (χ1v) is 10.8. The van der Waals surface area contributed by atoms with Crippen LogP contribution in [0.2, 0.25) is 0 Å². The summed E-state index contributed by atoms with van der Waals surface area (Å²) in [4.78, 5) is 45.5. The van der Waals surface area contributed by atoms with Crippen molar-refractivity contribution in [2.75, 3.05) is 13.2 Å². The molecular weight excluding hydrogens is 360 g/mol. The molecule has 0 spiro atoms. The summed E-state index contributed by atoms with van der Waals surface area (Å²) in [6.45, 7) is 4.11. The second-order valence-corrected chi connectivity index (χ2v) is 7.08. The molecule has 0 aliphatic heterocycles. The Morgan fingerprint density at radius 1 is 0.500 bits per heavy atom. The number of ether oxygens (including phenoxy) is 2. The Kier molecular flexibility index (Phi) is 17.5. The van der Waals surface area contributed by atoms with E-state index in [0.29, 0.717) is 26.1 Å². The van der Waals surface area contributed by atoms with Crippen LogP contribution in [0.15, 0.2) is 0 Å². The van der Waals surface area contributed by atoms with Gasteiger partial charge in [-0.3, -0.25) is 19.2 Å². The van der Waals surface area contributed by atoms with Crippen LogP contribution in [0.25, 0.3) is 0 Å². The molecule has 162 valence electrons. The minimum absolute atomic E-state index is 0.0285. The van der Waals surface area contributed by atoms with Crippen molar-refractivity contribution in [1.82, 2.24) is 0 Å². The van der Waals surface area contributed by atoms with E-state index >= 15 is 0 Å². The predicted octanol–water partition coefficient (Wildman–Crippen LogP) is 4.71. The summed E-state index contributed by atoms with van der Waals surface area (Å²) < 4.78 is 9.52. The van der Waals surface area contributed by atoms with Crippen molar-refractivity contribution in [3.05, 3.63) is 0 Å². The number of hydrogen-bond acceptors (Lipinski definition) is 6. The molecule has 0 N–H and O–H groups in total. The lowest BCUT2D eigenvalue weighted by atomic mass is 10.0. The van der Waals surface area contributed by atoms with Crippen LogP contribution in [0.5, 0.6) is 0 Å². The number of carbonyl (C=O) groups is 4. The highest BCUT2D eigenvalue weighted by Gasteiger charge is 2.10. The third-order valence-corrected chi connectivity index (χ3v) is 4.45. The first-order chi connectivity index (χ1) is 13.5. The number of ketones is 2. The van der Waals surface area contributed by atoms with E-state index < -0.39 is 11.9 Å². The van der Waals surface area contributed by atoms with Crippen molar-refractivity contribution in [3.8, 4) is 0 Å². The van der Waals surface area contributed by atoms with Crippen LogP contribution in [0.3, 0.4) is 0 Å². The van der Waals surface area contributed by atoms with Gasteiger partial charge in [0.2, 0.25) is 0 Å². The summed E-state index contributed by atoms with van der Waals surface area (Å²) in [7, 11) is 0. The molecule has 0 rings (SSSR count). The Labute approximate surface area is 169 Å². The van der Waals surface area contributed by atoms with Crippen LogP contribution >= 0.6 is 0 Å². The van der Waals surface area contributed by atoms with Gasteiger partial charge in [0.25, 0.3) is 0 Å². The number of esters is 2. The molecule has 0 aromatic rings. The summed E-state index contributed by atoms with van der Waals surface area (Å²) in [5.74, 6) is -0.898. The second kappa shape index (κ2) is 18.6. The molecule has 0 fully saturated rings. The van der Waals surface area contributed by atoms with Gasteiger partial charge in [-0.1, -0.05) is 51.4 Å². The summed E-state index contributed by atoms with van der Waals surface area (Å²) in [6, 6.07) is 0. The van der Waals surface area contributed by atoms with E-state index in [-0.39, 0.29) is 24.4 Å². The maximum atomic E-state index is 11.6. The van der Waals surface area contributed by atoms with Crippen LogP contribution in [-0.4, -0.2) is 36.7 Å². The summed E-state index contributed by atoms with van der Waals surface area (Å²) >= 11 is 0. The summed E-state index contributed by atoms with van der Waals surface area (Å²) in [5.41, 5.74) is 0. The average Bonchev–Trinajstić information content (AvgIpc) is 2.62. The molecule has 0 atom stereocenters. The van der Waals surface area contributed by atoms with Gasteiger partial charge < -0.3 is 9.47 Å². The highest BCUT2D eigenvalue weighted by molar-refractivity contribution is 5.95. The molecule has 0 unspecified atom stereocenters. The van der Waals surface area contributed by atoms with Crippen molar-refractivity contribution >= 4 is 23.5 Å². The monoisotopic (exact) mass is 398 g/mol. The van der Waals surface area contributed by atoms with Crippen molar-refractivity contribution in [1.29, 1.82) is 0 Å². The predicted molar refractivity (Wildman–Crippen MR) is 108 cm³/mol. The van der Waals surface area contributed by atoms with E-state index in [4.69, 9.17) is 9.47 Å². The van der Waals surface area contributed by atoms with E-state index in [1.165, 1.54) is 25.7 Å². The molecule has 0 heterocycles. The highest BCUT2D eigenvalue weighted by atomic mass is 16.5. The van der Waals surface area contributed by atoms with Gasteiger partial charge >= 0.3 is 11.9 Å². The molecule has 6 nitrogen and oxygen atoms in total. The topological polar surface area (TPSA) is 86.7 Å². The molecule has 0 bridgehead atoms. The zero-order valence-electron chi connectivity index (χ0n) is 17.8. The van der Waals surface area contributed by atoms with Gasteiger partial charge in [-0.2, -0.15) is 0 Å². The van der Waals surface area contributed by atoms with Crippen LogP contribution in [0.4, 0.5) is 0 Å². The smallest absolute Gasteiger partial charge is 0.313 e. The molecular formula is C22H38O6. The standard InChI is InChI=1S/C22H38O6/c1-3-27-21(25)17-19(23)15-13-11-9-7-5-6-8-10-12-14-16-20(24)18-22(26)28-4-2/h3-18H2,1-2H3. The minimum atomic E-state index is -0.420. The molecule has 0 amide bonds. The Morgan fingerprint density at radius 3 is 1.07 bits per heavy atom.